The molecule has 8 aromatic carbocycles. The maximum absolute atomic E-state index is 5.02. The lowest BCUT2D eigenvalue weighted by atomic mass is 10.0. The number of nitrogens with zero attached hydrogens (tertiary/aromatic N) is 5. The maximum atomic E-state index is 5.02. The molecule has 0 aliphatic carbocycles. The van der Waals surface area contributed by atoms with E-state index in [0.717, 1.165) is 33.5 Å². The molecule has 0 fully saturated rings. The second-order valence-electron chi connectivity index (χ2n) is 14.8. The molecule has 12 rings (SSSR count). The zero-order chi connectivity index (χ0) is 38.2. The Morgan fingerprint density at radius 2 is 0.793 bits per heavy atom. The number of para-hydroxylation sites is 2. The van der Waals surface area contributed by atoms with E-state index in [1.165, 1.54) is 59.9 Å². The summed E-state index contributed by atoms with van der Waals surface area (Å²) < 4.78 is 4.95. The third kappa shape index (κ3) is 5.00. The van der Waals surface area contributed by atoms with Gasteiger partial charge in [0.15, 0.2) is 17.5 Å². The smallest absolute Gasteiger partial charge is 0.164 e. The number of fused-ring (bicyclic) bond motifs is 12. The van der Waals surface area contributed by atoms with E-state index in [9.17, 15) is 0 Å². The van der Waals surface area contributed by atoms with Gasteiger partial charge in [-0.25, -0.2) is 15.0 Å². The normalized spacial score (nSPS) is 11.8. The van der Waals surface area contributed by atoms with E-state index in [1.807, 2.05) is 60.7 Å². The zero-order valence-corrected chi connectivity index (χ0v) is 31.3. The predicted molar refractivity (Wildman–Crippen MR) is 239 cm³/mol. The Kier molecular flexibility index (Phi) is 7.16. The Labute approximate surface area is 333 Å². The summed E-state index contributed by atoms with van der Waals surface area (Å²) in [5, 5.41) is 7.41. The molecule has 5 nitrogen and oxygen atoms in total. The molecule has 0 atom stereocenters. The minimum Gasteiger partial charge on any atom is -0.307 e. The number of rotatable bonds is 5. The second-order valence-corrected chi connectivity index (χ2v) is 14.8. The Bertz CT molecular complexity index is 3510. The van der Waals surface area contributed by atoms with Crippen LogP contribution in [0.5, 0.6) is 0 Å². The summed E-state index contributed by atoms with van der Waals surface area (Å²) in [5.74, 6) is 1.93. The number of aromatic nitrogens is 5. The molecule has 12 aromatic rings. The highest BCUT2D eigenvalue weighted by Crippen LogP contribution is 2.42. The summed E-state index contributed by atoms with van der Waals surface area (Å²) in [7, 11) is 0. The Morgan fingerprint density at radius 1 is 0.293 bits per heavy atom. The second kappa shape index (κ2) is 12.8. The van der Waals surface area contributed by atoms with Gasteiger partial charge in [0, 0.05) is 49.3 Å². The molecule has 0 unspecified atom stereocenters. The standard InChI is InChI=1S/C53H33N5/c1-3-15-34(16-4-1)51-54-52(35-17-5-2-6-18-35)56-53(55-51)39-22-13-20-36(31-39)37-21-14-23-40(32-37)57-47-28-12-10-26-43(47)45-30-29-44-41-24-8-9-25-42(41)48-33-38-19-7-11-27-46(38)58(48)50(44)49(45)57/h1-33H. The van der Waals surface area contributed by atoms with Gasteiger partial charge in [-0.2, -0.15) is 0 Å². The molecule has 0 spiro atoms. The van der Waals surface area contributed by atoms with Crippen molar-refractivity contribution < 1.29 is 0 Å². The molecule has 4 heterocycles. The fourth-order valence-electron chi connectivity index (χ4n) is 8.89. The van der Waals surface area contributed by atoms with Crippen molar-refractivity contribution in [1.29, 1.82) is 0 Å². The van der Waals surface area contributed by atoms with Crippen LogP contribution in [0, 0.1) is 0 Å². The first-order valence-electron chi connectivity index (χ1n) is 19.6. The topological polar surface area (TPSA) is 48.0 Å². The lowest BCUT2D eigenvalue weighted by Crippen LogP contribution is -2.00. The van der Waals surface area contributed by atoms with Gasteiger partial charge in [0.2, 0.25) is 0 Å². The fourth-order valence-corrected chi connectivity index (χ4v) is 8.89. The third-order valence-corrected chi connectivity index (χ3v) is 11.5. The molecule has 58 heavy (non-hydrogen) atoms. The molecule has 4 aromatic heterocycles. The fraction of sp³-hybridized carbons (Fsp3) is 0. The van der Waals surface area contributed by atoms with Crippen molar-refractivity contribution in [2.75, 3.05) is 0 Å². The van der Waals surface area contributed by atoms with Gasteiger partial charge in [0.25, 0.3) is 0 Å². The molecule has 0 saturated heterocycles. The van der Waals surface area contributed by atoms with Crippen LogP contribution in [0.4, 0.5) is 0 Å². The van der Waals surface area contributed by atoms with Crippen LogP contribution in [-0.4, -0.2) is 23.9 Å². The molecular formula is C53H33N5. The van der Waals surface area contributed by atoms with E-state index in [-0.39, 0.29) is 0 Å². The molecule has 0 radical (unpaired) electrons. The van der Waals surface area contributed by atoms with Gasteiger partial charge in [-0.15, -0.1) is 0 Å². The molecule has 0 N–H and O–H groups in total. The molecular weight excluding hydrogens is 707 g/mol. The third-order valence-electron chi connectivity index (χ3n) is 11.5. The van der Waals surface area contributed by atoms with Crippen LogP contribution in [-0.2, 0) is 0 Å². The Balaban J connectivity index is 1.08. The lowest BCUT2D eigenvalue weighted by Gasteiger charge is -2.15. The highest BCUT2D eigenvalue weighted by atomic mass is 15.0. The molecule has 0 amide bonds. The maximum Gasteiger partial charge on any atom is 0.164 e. The SMILES string of the molecule is c1ccc(-c2nc(-c3ccccc3)nc(-c3cccc(-c4cccc(-n5c6ccccc6c6ccc7c8ccccc8c8cc9ccccc9n8c7c65)c4)c3)n2)cc1. The minimum atomic E-state index is 0.634. The van der Waals surface area contributed by atoms with Crippen LogP contribution in [0.25, 0.3) is 111 Å². The van der Waals surface area contributed by atoms with Crippen LogP contribution in [0.15, 0.2) is 200 Å². The van der Waals surface area contributed by atoms with Crippen LogP contribution in [0.2, 0.25) is 0 Å². The van der Waals surface area contributed by atoms with Crippen molar-refractivity contribution in [2.24, 2.45) is 0 Å². The first-order valence-corrected chi connectivity index (χ1v) is 19.6. The number of pyridine rings is 1. The van der Waals surface area contributed by atoms with Gasteiger partial charge < -0.3 is 8.97 Å². The number of hydrogen-bond acceptors (Lipinski definition) is 3. The highest BCUT2D eigenvalue weighted by molar-refractivity contribution is 6.25. The Morgan fingerprint density at radius 3 is 1.50 bits per heavy atom. The van der Waals surface area contributed by atoms with Gasteiger partial charge in [-0.05, 0) is 52.9 Å². The van der Waals surface area contributed by atoms with Crippen molar-refractivity contribution in [3.8, 4) is 51.0 Å². The summed E-state index contributed by atoms with van der Waals surface area (Å²) in [6.45, 7) is 0. The largest absolute Gasteiger partial charge is 0.307 e. The first-order chi connectivity index (χ1) is 28.8. The highest BCUT2D eigenvalue weighted by Gasteiger charge is 2.21. The Hall–Kier alpha value is -7.89. The molecule has 0 saturated carbocycles. The number of benzene rings is 8. The van der Waals surface area contributed by atoms with Crippen molar-refractivity contribution in [3.63, 3.8) is 0 Å². The molecule has 0 aliphatic heterocycles. The van der Waals surface area contributed by atoms with E-state index in [4.69, 9.17) is 15.0 Å². The monoisotopic (exact) mass is 739 g/mol. The predicted octanol–water partition coefficient (Wildman–Crippen LogP) is 13.3. The average molecular weight is 740 g/mol. The summed E-state index contributed by atoms with van der Waals surface area (Å²) in [4.78, 5) is 15.0. The van der Waals surface area contributed by atoms with Crippen LogP contribution >= 0.6 is 0 Å². The summed E-state index contributed by atoms with van der Waals surface area (Å²) in [6.07, 6.45) is 0. The van der Waals surface area contributed by atoms with Gasteiger partial charge in [0.05, 0.1) is 27.6 Å². The van der Waals surface area contributed by atoms with Crippen LogP contribution < -0.4 is 0 Å². The van der Waals surface area contributed by atoms with Crippen LogP contribution in [0.3, 0.4) is 0 Å². The minimum absolute atomic E-state index is 0.634. The van der Waals surface area contributed by atoms with Crippen LogP contribution in [0.1, 0.15) is 0 Å². The van der Waals surface area contributed by atoms with E-state index >= 15 is 0 Å². The summed E-state index contributed by atoms with van der Waals surface area (Å²) >= 11 is 0. The van der Waals surface area contributed by atoms with E-state index < -0.39 is 0 Å². The van der Waals surface area contributed by atoms with Gasteiger partial charge >= 0.3 is 0 Å². The molecule has 0 bridgehead atoms. The lowest BCUT2D eigenvalue weighted by molar-refractivity contribution is 1.07. The van der Waals surface area contributed by atoms with Crippen molar-refractivity contribution >= 4 is 59.9 Å². The molecule has 5 heteroatoms. The van der Waals surface area contributed by atoms with Gasteiger partial charge in [-0.3, -0.25) is 0 Å². The average Bonchev–Trinajstić information content (AvgIpc) is 3.86. The van der Waals surface area contributed by atoms with Crippen molar-refractivity contribution in [3.05, 3.63) is 200 Å². The number of hydrogen-bond donors (Lipinski definition) is 0. The van der Waals surface area contributed by atoms with Gasteiger partial charge in [-0.1, -0.05) is 164 Å². The van der Waals surface area contributed by atoms with E-state index in [0.29, 0.717) is 17.5 Å². The first kappa shape index (κ1) is 32.4. The van der Waals surface area contributed by atoms with Gasteiger partial charge in [0.1, 0.15) is 0 Å². The zero-order valence-electron chi connectivity index (χ0n) is 31.3. The quantitative estimate of drug-likeness (QED) is 0.165. The van der Waals surface area contributed by atoms with Crippen molar-refractivity contribution in [2.45, 2.75) is 0 Å². The summed E-state index contributed by atoms with van der Waals surface area (Å²) in [6, 6.07) is 71.0. The molecule has 0 aliphatic rings. The summed E-state index contributed by atoms with van der Waals surface area (Å²) in [5.41, 5.74) is 12.1. The molecule has 270 valence electrons. The van der Waals surface area contributed by atoms with E-state index in [2.05, 4.69) is 148 Å². The van der Waals surface area contributed by atoms with E-state index in [1.54, 1.807) is 0 Å². The van der Waals surface area contributed by atoms with Crippen molar-refractivity contribution in [1.82, 2.24) is 23.9 Å².